The molecule has 0 atom stereocenters. The number of amides is 1. The fourth-order valence-corrected chi connectivity index (χ4v) is 3.57. The van der Waals surface area contributed by atoms with Gasteiger partial charge >= 0.3 is 0 Å². The third-order valence-corrected chi connectivity index (χ3v) is 5.03. The first-order chi connectivity index (χ1) is 14.1. The topological polar surface area (TPSA) is 45.9 Å². The minimum Gasteiger partial charge on any atom is -0.489 e. The van der Waals surface area contributed by atoms with Gasteiger partial charge in [-0.1, -0.05) is 30.3 Å². The second-order valence-corrected chi connectivity index (χ2v) is 7.67. The van der Waals surface area contributed by atoms with Crippen LogP contribution in [0.2, 0.25) is 0 Å². The van der Waals surface area contributed by atoms with Crippen LogP contribution in [-0.2, 0) is 26.1 Å². The minimum absolute atomic E-state index is 0.0422. The van der Waals surface area contributed by atoms with Crippen LogP contribution in [0.5, 0.6) is 5.75 Å². The van der Waals surface area contributed by atoms with Crippen molar-refractivity contribution in [1.82, 2.24) is 9.80 Å². The predicted molar refractivity (Wildman–Crippen MR) is 112 cm³/mol. The lowest BCUT2D eigenvalue weighted by atomic mass is 10.1. The molecule has 5 heteroatoms. The van der Waals surface area contributed by atoms with Crippen LogP contribution in [0, 0.1) is 0 Å². The van der Waals surface area contributed by atoms with Crippen LogP contribution >= 0.6 is 0 Å². The first-order valence-electron chi connectivity index (χ1n) is 9.90. The molecule has 0 aliphatic carbocycles. The Labute approximate surface area is 171 Å². The van der Waals surface area contributed by atoms with Crippen LogP contribution in [-0.4, -0.2) is 36.3 Å². The molecule has 0 saturated heterocycles. The zero-order chi connectivity index (χ0) is 20.2. The van der Waals surface area contributed by atoms with Crippen molar-refractivity contribution < 1.29 is 13.9 Å². The van der Waals surface area contributed by atoms with Gasteiger partial charge in [0.05, 0.1) is 6.54 Å². The number of hydrogen-bond donors (Lipinski definition) is 0. The number of fused-ring (bicyclic) bond motifs is 1. The van der Waals surface area contributed by atoms with Crippen LogP contribution in [0.15, 0.2) is 65.1 Å². The van der Waals surface area contributed by atoms with Gasteiger partial charge in [-0.3, -0.25) is 4.79 Å². The first kappa shape index (κ1) is 19.3. The van der Waals surface area contributed by atoms with E-state index in [4.69, 9.17) is 9.15 Å². The van der Waals surface area contributed by atoms with E-state index in [1.807, 2.05) is 73.6 Å². The molecule has 0 saturated carbocycles. The molecular formula is C24H26N2O3. The van der Waals surface area contributed by atoms with Crippen LogP contribution < -0.4 is 4.74 Å². The Balaban J connectivity index is 1.37. The largest absolute Gasteiger partial charge is 0.489 e. The van der Waals surface area contributed by atoms with E-state index in [2.05, 4.69) is 11.0 Å². The lowest BCUT2D eigenvalue weighted by Gasteiger charge is -2.26. The second-order valence-electron chi connectivity index (χ2n) is 7.67. The van der Waals surface area contributed by atoms with Gasteiger partial charge in [-0.2, -0.15) is 0 Å². The number of benzene rings is 2. The van der Waals surface area contributed by atoms with Crippen molar-refractivity contribution in [1.29, 1.82) is 0 Å². The third-order valence-electron chi connectivity index (χ3n) is 5.03. The fraction of sp³-hybridized carbons (Fsp3) is 0.292. The quantitative estimate of drug-likeness (QED) is 0.635. The summed E-state index contributed by atoms with van der Waals surface area (Å²) in [6, 6.07) is 19.5. The summed E-state index contributed by atoms with van der Waals surface area (Å²) in [6.07, 6.45) is 0.757. The molecule has 1 amide bonds. The number of ether oxygens (including phenoxy) is 1. The molecule has 1 aliphatic rings. The Morgan fingerprint density at radius 3 is 2.59 bits per heavy atom. The molecule has 0 N–H and O–H groups in total. The molecule has 0 fully saturated rings. The van der Waals surface area contributed by atoms with Gasteiger partial charge in [-0.05, 0) is 50.0 Å². The number of rotatable bonds is 6. The molecule has 1 aliphatic heterocycles. The van der Waals surface area contributed by atoms with E-state index < -0.39 is 0 Å². The van der Waals surface area contributed by atoms with Gasteiger partial charge in [0.2, 0.25) is 0 Å². The molecule has 0 unspecified atom stereocenters. The molecule has 0 spiro atoms. The number of furan rings is 1. The standard InChI is InChI=1S/C24H26N2O3/c1-25(2)16-22-14-20-15-26(13-12-23(20)29-22)24(27)19-8-10-21(11-9-19)28-17-18-6-4-3-5-7-18/h3-11,14H,12-13,15-17H2,1-2H3. The molecular weight excluding hydrogens is 364 g/mol. The van der Waals surface area contributed by atoms with Crippen LogP contribution in [0.1, 0.15) is 33.0 Å². The summed E-state index contributed by atoms with van der Waals surface area (Å²) in [5.74, 6) is 2.76. The predicted octanol–water partition coefficient (Wildman–Crippen LogP) is 4.12. The Morgan fingerprint density at radius 1 is 1.10 bits per heavy atom. The summed E-state index contributed by atoms with van der Waals surface area (Å²) in [4.78, 5) is 16.9. The molecule has 150 valence electrons. The first-order valence-corrected chi connectivity index (χ1v) is 9.90. The van der Waals surface area contributed by atoms with E-state index in [1.165, 1.54) is 0 Å². The zero-order valence-corrected chi connectivity index (χ0v) is 16.9. The van der Waals surface area contributed by atoms with Gasteiger partial charge in [0.15, 0.2) is 0 Å². The highest BCUT2D eigenvalue weighted by Crippen LogP contribution is 2.25. The summed E-state index contributed by atoms with van der Waals surface area (Å²) in [5.41, 5.74) is 2.91. The maximum absolute atomic E-state index is 12.9. The maximum atomic E-state index is 12.9. The van der Waals surface area contributed by atoms with E-state index in [1.54, 1.807) is 0 Å². The third kappa shape index (κ3) is 4.69. The summed E-state index contributed by atoms with van der Waals surface area (Å²) < 4.78 is 11.7. The molecule has 3 aromatic rings. The highest BCUT2D eigenvalue weighted by Gasteiger charge is 2.25. The second kappa shape index (κ2) is 8.53. The van der Waals surface area contributed by atoms with Gasteiger partial charge in [0.1, 0.15) is 23.9 Å². The van der Waals surface area contributed by atoms with Crippen LogP contribution in [0.25, 0.3) is 0 Å². The van der Waals surface area contributed by atoms with Gasteiger partial charge in [-0.25, -0.2) is 0 Å². The summed E-state index contributed by atoms with van der Waals surface area (Å²) >= 11 is 0. The van der Waals surface area contributed by atoms with Crippen molar-refractivity contribution in [3.05, 3.63) is 88.9 Å². The Kier molecular flexibility index (Phi) is 5.67. The fourth-order valence-electron chi connectivity index (χ4n) is 3.57. The molecule has 5 nitrogen and oxygen atoms in total. The lowest BCUT2D eigenvalue weighted by molar-refractivity contribution is 0.0729. The van der Waals surface area contributed by atoms with Crippen molar-refractivity contribution in [2.24, 2.45) is 0 Å². The highest BCUT2D eigenvalue weighted by atomic mass is 16.5. The Hall–Kier alpha value is -3.05. The van der Waals surface area contributed by atoms with E-state index in [0.29, 0.717) is 25.3 Å². The molecule has 1 aromatic heterocycles. The summed E-state index contributed by atoms with van der Waals surface area (Å²) in [7, 11) is 4.04. The van der Waals surface area contributed by atoms with Gasteiger partial charge in [-0.15, -0.1) is 0 Å². The SMILES string of the molecule is CN(C)Cc1cc2c(o1)CCN(C(=O)c1ccc(OCc3ccccc3)cc1)C2. The number of hydrogen-bond acceptors (Lipinski definition) is 4. The average molecular weight is 390 g/mol. The van der Waals surface area contributed by atoms with E-state index in [9.17, 15) is 4.79 Å². The molecule has 4 rings (SSSR count). The van der Waals surface area contributed by atoms with Crippen LogP contribution in [0.4, 0.5) is 0 Å². The molecule has 29 heavy (non-hydrogen) atoms. The lowest BCUT2D eigenvalue weighted by Crippen LogP contribution is -2.35. The van der Waals surface area contributed by atoms with E-state index >= 15 is 0 Å². The van der Waals surface area contributed by atoms with Gasteiger partial charge in [0, 0.05) is 30.6 Å². The zero-order valence-electron chi connectivity index (χ0n) is 16.9. The molecule has 0 bridgehead atoms. The normalized spacial score (nSPS) is 13.4. The number of nitrogens with zero attached hydrogens (tertiary/aromatic N) is 2. The monoisotopic (exact) mass is 390 g/mol. The smallest absolute Gasteiger partial charge is 0.254 e. The number of carbonyl (C=O) groups excluding carboxylic acids is 1. The summed E-state index contributed by atoms with van der Waals surface area (Å²) in [6.45, 7) is 2.55. The highest BCUT2D eigenvalue weighted by molar-refractivity contribution is 5.94. The average Bonchev–Trinajstić information content (AvgIpc) is 3.13. The molecule has 2 aromatic carbocycles. The molecule has 0 radical (unpaired) electrons. The van der Waals surface area contributed by atoms with E-state index in [-0.39, 0.29) is 5.91 Å². The van der Waals surface area contributed by atoms with Gasteiger partial charge < -0.3 is 19.0 Å². The Morgan fingerprint density at radius 2 is 1.86 bits per heavy atom. The van der Waals surface area contributed by atoms with E-state index in [0.717, 1.165) is 41.4 Å². The van der Waals surface area contributed by atoms with Gasteiger partial charge in [0.25, 0.3) is 5.91 Å². The Bertz CT molecular complexity index is 962. The van der Waals surface area contributed by atoms with Crippen molar-refractivity contribution in [2.75, 3.05) is 20.6 Å². The van der Waals surface area contributed by atoms with Crippen LogP contribution in [0.3, 0.4) is 0 Å². The van der Waals surface area contributed by atoms with Crippen molar-refractivity contribution >= 4 is 5.91 Å². The van der Waals surface area contributed by atoms with Crippen molar-refractivity contribution in [3.63, 3.8) is 0 Å². The maximum Gasteiger partial charge on any atom is 0.254 e. The summed E-state index contributed by atoms with van der Waals surface area (Å²) in [5, 5.41) is 0. The molecule has 2 heterocycles. The van der Waals surface area contributed by atoms with Crippen molar-refractivity contribution in [2.45, 2.75) is 26.1 Å². The van der Waals surface area contributed by atoms with Crippen molar-refractivity contribution in [3.8, 4) is 5.75 Å². The minimum atomic E-state index is 0.0422. The number of carbonyl (C=O) groups is 1.